The largest absolute Gasteiger partial charge is 0.343 e. The van der Waals surface area contributed by atoms with E-state index in [-0.39, 0.29) is 5.82 Å². The molecule has 0 amide bonds. The molecule has 3 heteroatoms. The number of benzene rings is 2. The van der Waals surface area contributed by atoms with E-state index in [1.54, 1.807) is 0 Å². The molecule has 0 aliphatic rings. The topological polar surface area (TPSA) is 30.9 Å². The highest BCUT2D eigenvalue weighted by molar-refractivity contribution is 5.83. The second kappa shape index (κ2) is 5.47. The van der Waals surface area contributed by atoms with Crippen molar-refractivity contribution in [3.63, 3.8) is 0 Å². The molecular formula is C17H17FN2. The molecule has 1 heterocycles. The van der Waals surface area contributed by atoms with Crippen LogP contribution >= 0.6 is 0 Å². The summed E-state index contributed by atoms with van der Waals surface area (Å²) in [6.45, 7) is 1.40. The first-order chi connectivity index (χ1) is 9.78. The Kier molecular flexibility index (Phi) is 3.52. The molecule has 1 aromatic heterocycles. The average molecular weight is 268 g/mol. The maximum absolute atomic E-state index is 12.9. The molecule has 0 aliphatic carbocycles. The van der Waals surface area contributed by atoms with E-state index < -0.39 is 0 Å². The Hall–Kier alpha value is -2.13. The summed E-state index contributed by atoms with van der Waals surface area (Å²) >= 11 is 0. The fourth-order valence-electron chi connectivity index (χ4n) is 2.59. The van der Waals surface area contributed by atoms with Crippen molar-refractivity contribution in [1.82, 2.24) is 4.57 Å². The van der Waals surface area contributed by atoms with Gasteiger partial charge in [0.05, 0.1) is 0 Å². The van der Waals surface area contributed by atoms with Gasteiger partial charge in [-0.1, -0.05) is 24.3 Å². The molecule has 2 aromatic carbocycles. The Morgan fingerprint density at radius 3 is 2.55 bits per heavy atom. The van der Waals surface area contributed by atoms with E-state index in [2.05, 4.69) is 35.0 Å². The van der Waals surface area contributed by atoms with E-state index in [4.69, 9.17) is 5.73 Å². The molecule has 0 bridgehead atoms. The Labute approximate surface area is 117 Å². The molecule has 0 atom stereocenters. The van der Waals surface area contributed by atoms with Crippen LogP contribution in [0.3, 0.4) is 0 Å². The van der Waals surface area contributed by atoms with Crippen molar-refractivity contribution < 1.29 is 4.39 Å². The van der Waals surface area contributed by atoms with Crippen LogP contribution < -0.4 is 5.73 Å². The predicted octanol–water partition coefficient (Wildman–Crippen LogP) is 3.33. The molecule has 0 spiro atoms. The minimum absolute atomic E-state index is 0.198. The normalized spacial score (nSPS) is 11.1. The smallest absolute Gasteiger partial charge is 0.123 e. The number of nitrogens with zero attached hydrogens (tertiary/aromatic N) is 1. The summed E-state index contributed by atoms with van der Waals surface area (Å²) in [5.74, 6) is -0.198. The van der Waals surface area contributed by atoms with Gasteiger partial charge in [-0.25, -0.2) is 4.39 Å². The number of rotatable bonds is 4. The molecule has 0 radical (unpaired) electrons. The lowest BCUT2D eigenvalue weighted by molar-refractivity contribution is 0.626. The van der Waals surface area contributed by atoms with Gasteiger partial charge < -0.3 is 10.3 Å². The van der Waals surface area contributed by atoms with Gasteiger partial charge in [0, 0.05) is 23.6 Å². The highest BCUT2D eigenvalue weighted by atomic mass is 19.1. The van der Waals surface area contributed by atoms with Crippen molar-refractivity contribution in [2.45, 2.75) is 13.0 Å². The minimum Gasteiger partial charge on any atom is -0.343 e. The summed E-state index contributed by atoms with van der Waals surface area (Å²) in [4.78, 5) is 0. The van der Waals surface area contributed by atoms with Crippen molar-refractivity contribution in [3.05, 3.63) is 71.7 Å². The van der Waals surface area contributed by atoms with E-state index in [1.807, 2.05) is 12.1 Å². The zero-order chi connectivity index (χ0) is 13.9. The summed E-state index contributed by atoms with van der Waals surface area (Å²) in [5, 5.41) is 1.25. The second-order valence-corrected chi connectivity index (χ2v) is 4.96. The van der Waals surface area contributed by atoms with Gasteiger partial charge in [0.2, 0.25) is 0 Å². The van der Waals surface area contributed by atoms with Gasteiger partial charge in [-0.3, -0.25) is 0 Å². The molecule has 20 heavy (non-hydrogen) atoms. The third kappa shape index (κ3) is 2.45. The van der Waals surface area contributed by atoms with E-state index in [9.17, 15) is 4.39 Å². The highest BCUT2D eigenvalue weighted by Gasteiger charge is 2.05. The molecule has 0 saturated carbocycles. The van der Waals surface area contributed by atoms with E-state index in [0.29, 0.717) is 6.54 Å². The lowest BCUT2D eigenvalue weighted by Crippen LogP contribution is -2.03. The highest BCUT2D eigenvalue weighted by Crippen LogP contribution is 2.21. The van der Waals surface area contributed by atoms with E-state index in [0.717, 1.165) is 18.5 Å². The molecule has 2 nitrogen and oxygen atoms in total. The monoisotopic (exact) mass is 268 g/mol. The lowest BCUT2D eigenvalue weighted by atomic mass is 10.1. The zero-order valence-corrected chi connectivity index (χ0v) is 11.2. The van der Waals surface area contributed by atoms with Crippen LogP contribution in [0.4, 0.5) is 4.39 Å². The van der Waals surface area contributed by atoms with Crippen LogP contribution in [0.25, 0.3) is 10.9 Å². The van der Waals surface area contributed by atoms with Gasteiger partial charge >= 0.3 is 0 Å². The van der Waals surface area contributed by atoms with Gasteiger partial charge in [0.15, 0.2) is 0 Å². The Morgan fingerprint density at radius 2 is 1.80 bits per heavy atom. The van der Waals surface area contributed by atoms with Crippen molar-refractivity contribution in [1.29, 1.82) is 0 Å². The summed E-state index contributed by atoms with van der Waals surface area (Å²) in [5.41, 5.74) is 9.22. The first kappa shape index (κ1) is 12.9. The van der Waals surface area contributed by atoms with Crippen molar-refractivity contribution in [2.24, 2.45) is 5.73 Å². The molecule has 2 N–H and O–H groups in total. The lowest BCUT2D eigenvalue weighted by Gasteiger charge is -2.07. The molecular weight excluding hydrogens is 251 g/mol. The van der Waals surface area contributed by atoms with Crippen LogP contribution in [0.15, 0.2) is 54.7 Å². The zero-order valence-electron chi connectivity index (χ0n) is 11.2. The maximum atomic E-state index is 12.9. The van der Waals surface area contributed by atoms with Crippen LogP contribution in [0, 0.1) is 5.82 Å². The van der Waals surface area contributed by atoms with Gasteiger partial charge in [-0.15, -0.1) is 0 Å². The van der Waals surface area contributed by atoms with E-state index in [1.165, 1.54) is 28.6 Å². The predicted molar refractivity (Wildman–Crippen MR) is 80.2 cm³/mol. The molecule has 3 aromatic rings. The van der Waals surface area contributed by atoms with Crippen molar-refractivity contribution >= 4 is 10.9 Å². The number of nitrogens with two attached hydrogens (primary N) is 1. The Balaban J connectivity index is 1.96. The first-order valence-corrected chi connectivity index (χ1v) is 6.79. The fourth-order valence-corrected chi connectivity index (χ4v) is 2.59. The van der Waals surface area contributed by atoms with Gasteiger partial charge in [-0.2, -0.15) is 0 Å². The van der Waals surface area contributed by atoms with Gasteiger partial charge in [0.1, 0.15) is 5.82 Å². The number of fused-ring (bicyclic) bond motifs is 1. The number of halogens is 1. The van der Waals surface area contributed by atoms with Gasteiger partial charge in [-0.05, 0) is 48.4 Å². The molecule has 0 fully saturated rings. The SMILES string of the molecule is NCCc1cccc2c1ccn2Cc1ccc(F)cc1. The fraction of sp³-hybridized carbons (Fsp3) is 0.176. The van der Waals surface area contributed by atoms with Crippen LogP contribution in [0.1, 0.15) is 11.1 Å². The Morgan fingerprint density at radius 1 is 1.00 bits per heavy atom. The second-order valence-electron chi connectivity index (χ2n) is 4.96. The quantitative estimate of drug-likeness (QED) is 0.773. The van der Waals surface area contributed by atoms with Crippen molar-refractivity contribution in [2.75, 3.05) is 6.54 Å². The van der Waals surface area contributed by atoms with Crippen LogP contribution in [-0.4, -0.2) is 11.1 Å². The number of hydrogen-bond acceptors (Lipinski definition) is 1. The summed E-state index contributed by atoms with van der Waals surface area (Å²) < 4.78 is 15.1. The van der Waals surface area contributed by atoms with Crippen molar-refractivity contribution in [3.8, 4) is 0 Å². The van der Waals surface area contributed by atoms with Crippen LogP contribution in [0.2, 0.25) is 0 Å². The summed E-state index contributed by atoms with van der Waals surface area (Å²) in [6, 6.07) is 15.1. The molecule has 0 aliphatic heterocycles. The number of aromatic nitrogens is 1. The van der Waals surface area contributed by atoms with Gasteiger partial charge in [0.25, 0.3) is 0 Å². The standard InChI is InChI=1S/C17H17FN2/c18-15-6-4-13(5-7-15)12-20-11-9-16-14(8-10-19)2-1-3-17(16)20/h1-7,9,11H,8,10,12,19H2. The van der Waals surface area contributed by atoms with E-state index >= 15 is 0 Å². The number of hydrogen-bond donors (Lipinski definition) is 1. The molecule has 0 saturated heterocycles. The molecule has 3 rings (SSSR count). The molecule has 0 unspecified atom stereocenters. The summed E-state index contributed by atoms with van der Waals surface area (Å²) in [7, 11) is 0. The third-order valence-corrected chi connectivity index (χ3v) is 3.58. The first-order valence-electron chi connectivity index (χ1n) is 6.79. The average Bonchev–Trinajstić information content (AvgIpc) is 2.86. The van der Waals surface area contributed by atoms with Crippen LogP contribution in [-0.2, 0) is 13.0 Å². The maximum Gasteiger partial charge on any atom is 0.123 e. The minimum atomic E-state index is -0.198. The Bertz CT molecular complexity index is 713. The van der Waals surface area contributed by atoms with Crippen LogP contribution in [0.5, 0.6) is 0 Å². The summed E-state index contributed by atoms with van der Waals surface area (Å²) in [6.07, 6.45) is 2.96. The third-order valence-electron chi connectivity index (χ3n) is 3.58. The molecule has 102 valence electrons.